The largest absolute Gasteiger partial charge is 0.497 e. The van der Waals surface area contributed by atoms with Crippen molar-refractivity contribution in [3.63, 3.8) is 0 Å². The number of hydrogen-bond donors (Lipinski definition) is 1. The molecule has 1 atom stereocenters. The first kappa shape index (κ1) is 17.6. The Morgan fingerprint density at radius 2 is 1.77 bits per heavy atom. The minimum Gasteiger partial charge on any atom is -0.497 e. The molecule has 0 saturated heterocycles. The van der Waals surface area contributed by atoms with Gasteiger partial charge in [-0.1, -0.05) is 18.2 Å². The summed E-state index contributed by atoms with van der Waals surface area (Å²) >= 11 is 0. The fourth-order valence-corrected chi connectivity index (χ4v) is 2.65. The summed E-state index contributed by atoms with van der Waals surface area (Å²) in [5, 5.41) is 3.92. The third-order valence-electron chi connectivity index (χ3n) is 4.03. The van der Waals surface area contributed by atoms with Crippen LogP contribution < -0.4 is 14.8 Å². The summed E-state index contributed by atoms with van der Waals surface area (Å²) in [6.45, 7) is 1.89. The number of amides is 1. The highest BCUT2D eigenvalue weighted by Crippen LogP contribution is 2.24. The van der Waals surface area contributed by atoms with Crippen molar-refractivity contribution in [1.29, 1.82) is 0 Å². The van der Waals surface area contributed by atoms with Gasteiger partial charge in [0.15, 0.2) is 0 Å². The van der Waals surface area contributed by atoms with Crippen LogP contribution in [0.2, 0.25) is 0 Å². The lowest BCUT2D eigenvalue weighted by Gasteiger charge is -2.09. The molecule has 0 aliphatic rings. The molecule has 0 bridgehead atoms. The Morgan fingerprint density at radius 1 is 1.08 bits per heavy atom. The van der Waals surface area contributed by atoms with E-state index in [1.807, 2.05) is 49.4 Å². The molecule has 5 nitrogen and oxygen atoms in total. The van der Waals surface area contributed by atoms with Crippen LogP contribution in [0.25, 0.3) is 17.0 Å². The van der Waals surface area contributed by atoms with Crippen molar-refractivity contribution in [2.24, 2.45) is 0 Å². The number of rotatable bonds is 6. The van der Waals surface area contributed by atoms with Crippen LogP contribution >= 0.6 is 0 Å². The Balaban J connectivity index is 1.69. The standard InChI is InChI=1S/C21H21NO4/c1-14(20-12-16-6-4-5-7-19(16)26-20)22-21(23)9-8-15-10-17(24-2)13-18(11-15)25-3/h4-14H,1-3H3,(H,22,23)/b9-8+/t14-/m1/s1. The lowest BCUT2D eigenvalue weighted by molar-refractivity contribution is -0.117. The molecule has 134 valence electrons. The second-order valence-electron chi connectivity index (χ2n) is 5.90. The molecule has 0 saturated carbocycles. The Kier molecular flexibility index (Phi) is 5.27. The van der Waals surface area contributed by atoms with E-state index in [0.29, 0.717) is 11.5 Å². The summed E-state index contributed by atoms with van der Waals surface area (Å²) in [7, 11) is 3.17. The highest BCUT2D eigenvalue weighted by atomic mass is 16.5. The molecule has 0 spiro atoms. The molecular formula is C21H21NO4. The monoisotopic (exact) mass is 351 g/mol. The fraction of sp³-hybridized carbons (Fsp3) is 0.190. The van der Waals surface area contributed by atoms with E-state index in [4.69, 9.17) is 13.9 Å². The van der Waals surface area contributed by atoms with Gasteiger partial charge in [-0.25, -0.2) is 0 Å². The third-order valence-corrected chi connectivity index (χ3v) is 4.03. The van der Waals surface area contributed by atoms with Crippen molar-refractivity contribution in [3.8, 4) is 11.5 Å². The zero-order valence-corrected chi connectivity index (χ0v) is 15.0. The molecule has 1 heterocycles. The molecule has 3 rings (SSSR count). The first-order valence-corrected chi connectivity index (χ1v) is 8.29. The molecule has 5 heteroatoms. The zero-order valence-electron chi connectivity index (χ0n) is 15.0. The lowest BCUT2D eigenvalue weighted by atomic mass is 10.1. The van der Waals surface area contributed by atoms with Crippen molar-refractivity contribution >= 4 is 23.0 Å². The van der Waals surface area contributed by atoms with E-state index < -0.39 is 0 Å². The maximum Gasteiger partial charge on any atom is 0.244 e. The maximum absolute atomic E-state index is 12.2. The summed E-state index contributed by atoms with van der Waals surface area (Å²) in [5.41, 5.74) is 1.62. The molecule has 1 aromatic heterocycles. The van der Waals surface area contributed by atoms with Crippen molar-refractivity contribution in [2.75, 3.05) is 14.2 Å². The van der Waals surface area contributed by atoms with Crippen LogP contribution in [0.1, 0.15) is 24.3 Å². The van der Waals surface area contributed by atoms with E-state index in [2.05, 4.69) is 5.32 Å². The first-order chi connectivity index (χ1) is 12.6. The van der Waals surface area contributed by atoms with E-state index in [9.17, 15) is 4.79 Å². The zero-order chi connectivity index (χ0) is 18.5. The molecule has 0 unspecified atom stereocenters. The smallest absolute Gasteiger partial charge is 0.244 e. The number of ether oxygens (including phenoxy) is 2. The lowest BCUT2D eigenvalue weighted by Crippen LogP contribution is -2.24. The predicted molar refractivity (Wildman–Crippen MR) is 101 cm³/mol. The second-order valence-corrected chi connectivity index (χ2v) is 5.90. The molecule has 2 aromatic carbocycles. The SMILES string of the molecule is COc1cc(/C=C/C(=O)N[C@H](C)c2cc3ccccc3o2)cc(OC)c1. The van der Waals surface area contributed by atoms with Gasteiger partial charge in [-0.05, 0) is 42.8 Å². The molecule has 0 aliphatic carbocycles. The number of nitrogens with one attached hydrogen (secondary N) is 1. The van der Waals surface area contributed by atoms with E-state index in [-0.39, 0.29) is 11.9 Å². The molecule has 0 aliphatic heterocycles. The normalized spacial score (nSPS) is 12.3. The number of hydrogen-bond acceptors (Lipinski definition) is 4. The summed E-state index contributed by atoms with van der Waals surface area (Å²) in [6.07, 6.45) is 3.19. The summed E-state index contributed by atoms with van der Waals surface area (Å²) < 4.78 is 16.2. The molecular weight excluding hydrogens is 330 g/mol. The molecule has 0 radical (unpaired) electrons. The first-order valence-electron chi connectivity index (χ1n) is 8.29. The third kappa shape index (κ3) is 4.06. The van der Waals surface area contributed by atoms with Gasteiger partial charge in [0.25, 0.3) is 0 Å². The van der Waals surface area contributed by atoms with Crippen LogP contribution in [-0.4, -0.2) is 20.1 Å². The minimum atomic E-state index is -0.237. The van der Waals surface area contributed by atoms with Crippen molar-refractivity contribution < 1.29 is 18.7 Å². The summed E-state index contributed by atoms with van der Waals surface area (Å²) in [4.78, 5) is 12.2. The maximum atomic E-state index is 12.2. The van der Waals surface area contributed by atoms with E-state index in [1.54, 1.807) is 26.4 Å². The molecule has 26 heavy (non-hydrogen) atoms. The second kappa shape index (κ2) is 7.78. The van der Waals surface area contributed by atoms with Crippen LogP contribution in [0.5, 0.6) is 11.5 Å². The molecule has 3 aromatic rings. The average Bonchev–Trinajstić information content (AvgIpc) is 3.10. The Labute approximate surface area is 152 Å². The number of methoxy groups -OCH3 is 2. The number of para-hydroxylation sites is 1. The van der Waals surface area contributed by atoms with Crippen LogP contribution in [0.3, 0.4) is 0 Å². The highest BCUT2D eigenvalue weighted by molar-refractivity contribution is 5.92. The molecule has 0 fully saturated rings. The number of carbonyl (C=O) groups excluding carboxylic acids is 1. The highest BCUT2D eigenvalue weighted by Gasteiger charge is 2.12. The van der Waals surface area contributed by atoms with Gasteiger partial charge in [-0.2, -0.15) is 0 Å². The summed E-state index contributed by atoms with van der Waals surface area (Å²) in [6, 6.07) is 14.9. The topological polar surface area (TPSA) is 60.7 Å². The van der Waals surface area contributed by atoms with Gasteiger partial charge >= 0.3 is 0 Å². The molecule has 1 amide bonds. The van der Waals surface area contributed by atoms with Gasteiger partial charge in [0.1, 0.15) is 22.8 Å². The van der Waals surface area contributed by atoms with Crippen LogP contribution in [0, 0.1) is 0 Å². The van der Waals surface area contributed by atoms with Crippen LogP contribution in [-0.2, 0) is 4.79 Å². The average molecular weight is 351 g/mol. The van der Waals surface area contributed by atoms with Gasteiger partial charge in [0.05, 0.1) is 20.3 Å². The molecule has 1 N–H and O–H groups in total. The van der Waals surface area contributed by atoms with Crippen molar-refractivity contribution in [3.05, 3.63) is 65.9 Å². The van der Waals surface area contributed by atoms with Gasteiger partial charge in [-0.3, -0.25) is 4.79 Å². The Bertz CT molecular complexity index is 887. The number of furan rings is 1. The predicted octanol–water partition coefficient (Wildman–Crippen LogP) is 4.34. The van der Waals surface area contributed by atoms with Gasteiger partial charge in [-0.15, -0.1) is 0 Å². The minimum absolute atomic E-state index is 0.209. The Morgan fingerprint density at radius 3 is 2.42 bits per heavy atom. The van der Waals surface area contributed by atoms with Crippen LogP contribution in [0.4, 0.5) is 0 Å². The van der Waals surface area contributed by atoms with E-state index in [1.165, 1.54) is 6.08 Å². The van der Waals surface area contributed by atoms with Crippen LogP contribution in [0.15, 0.2) is 59.0 Å². The van der Waals surface area contributed by atoms with Gasteiger partial charge in [0.2, 0.25) is 5.91 Å². The number of carbonyl (C=O) groups is 1. The summed E-state index contributed by atoms with van der Waals surface area (Å²) in [5.74, 6) is 1.84. The quantitative estimate of drug-likeness (QED) is 0.671. The number of benzene rings is 2. The van der Waals surface area contributed by atoms with Crippen molar-refractivity contribution in [1.82, 2.24) is 5.32 Å². The van der Waals surface area contributed by atoms with E-state index >= 15 is 0 Å². The van der Waals surface area contributed by atoms with Gasteiger partial charge < -0.3 is 19.2 Å². The Hall–Kier alpha value is -3.21. The van der Waals surface area contributed by atoms with Crippen molar-refractivity contribution in [2.45, 2.75) is 13.0 Å². The van der Waals surface area contributed by atoms with Gasteiger partial charge in [0, 0.05) is 17.5 Å². The fourth-order valence-electron chi connectivity index (χ4n) is 2.65. The number of fused-ring (bicyclic) bond motifs is 1. The van der Waals surface area contributed by atoms with E-state index in [0.717, 1.165) is 22.3 Å².